The van der Waals surface area contributed by atoms with Crippen LogP contribution in [0.4, 0.5) is 0 Å². The minimum Gasteiger partial charge on any atom is -0.501 e. The van der Waals surface area contributed by atoms with E-state index in [2.05, 4.69) is 125 Å². The summed E-state index contributed by atoms with van der Waals surface area (Å²) in [5.74, 6) is 2.00. The van der Waals surface area contributed by atoms with Crippen LogP contribution in [0, 0.1) is 0 Å². The van der Waals surface area contributed by atoms with Gasteiger partial charge in [-0.1, -0.05) is 159 Å². The van der Waals surface area contributed by atoms with Crippen LogP contribution in [-0.4, -0.2) is 65.5 Å². The summed E-state index contributed by atoms with van der Waals surface area (Å²) in [6.07, 6.45) is 6.97. The first kappa shape index (κ1) is 41.5. The Morgan fingerprint density at radius 1 is 0.595 bits per heavy atom. The topological polar surface area (TPSA) is 63.2 Å². The summed E-state index contributed by atoms with van der Waals surface area (Å²) in [5.41, 5.74) is 4.97. The van der Waals surface area contributed by atoms with E-state index in [0.29, 0.717) is 0 Å². The Morgan fingerprint density at radius 3 is 1.07 bits per heavy atom. The van der Waals surface area contributed by atoms with Crippen molar-refractivity contribution < 1.29 is 4.74 Å². The summed E-state index contributed by atoms with van der Waals surface area (Å²) >= 11 is 0. The molecule has 0 fully saturated rings. The number of hydrogen-bond donors (Lipinski definition) is 0. The van der Waals surface area contributed by atoms with Gasteiger partial charge < -0.3 is 24.7 Å². The van der Waals surface area contributed by atoms with Gasteiger partial charge in [0, 0.05) is 6.42 Å². The van der Waals surface area contributed by atoms with E-state index in [-0.39, 0.29) is 81.4 Å². The van der Waals surface area contributed by atoms with Gasteiger partial charge in [-0.25, -0.2) is 0 Å². The summed E-state index contributed by atoms with van der Waals surface area (Å²) in [4.78, 5) is 19.5. The molecule has 0 aromatic carbocycles. The summed E-state index contributed by atoms with van der Waals surface area (Å²) in [5, 5.41) is 0. The van der Waals surface area contributed by atoms with Gasteiger partial charge in [0.1, 0.15) is 0 Å². The van der Waals surface area contributed by atoms with Crippen LogP contribution in [0.5, 0.6) is 0 Å². The van der Waals surface area contributed by atoms with Gasteiger partial charge in [0.05, 0.1) is 12.9 Å². The third kappa shape index (κ3) is 11.8. The molecule has 3 rings (SSSR count). The third-order valence-corrected chi connectivity index (χ3v) is 7.73. The van der Waals surface area contributed by atoms with Crippen LogP contribution >= 0.6 is 0 Å². The summed E-state index contributed by atoms with van der Waals surface area (Å²) in [7, 11) is 0. The molecule has 0 radical (unpaired) electrons. The molecule has 0 aliphatic carbocycles. The third-order valence-electron chi connectivity index (χ3n) is 7.73. The zero-order chi connectivity index (χ0) is 32.2. The number of imidazole rings is 2. The fourth-order valence-corrected chi connectivity index (χ4v) is 4.04. The van der Waals surface area contributed by atoms with Crippen LogP contribution in [0.15, 0.2) is 12.3 Å². The fourth-order valence-electron chi connectivity index (χ4n) is 4.04. The second-order valence-electron chi connectivity index (χ2n) is 17.0. The molecule has 0 spiro atoms. The molecular weight excluding hydrogens is 642 g/mol. The normalized spacial score (nSPS) is 14.3. The van der Waals surface area contributed by atoms with E-state index in [4.69, 9.17) is 24.7 Å². The second kappa shape index (κ2) is 15.2. The van der Waals surface area contributed by atoms with E-state index in [0.717, 1.165) is 60.3 Å². The van der Waals surface area contributed by atoms with Crippen LogP contribution in [0.3, 0.4) is 0 Å². The minimum atomic E-state index is 0. The predicted molar refractivity (Wildman–Crippen MR) is 182 cm³/mol. The molecule has 2 aromatic rings. The minimum absolute atomic E-state index is 0. The molecule has 1 aliphatic rings. The maximum absolute atomic E-state index is 4.88. The van der Waals surface area contributed by atoms with Crippen LogP contribution in [0.2, 0.25) is 0 Å². The Labute approximate surface area is 300 Å². The van der Waals surface area contributed by atoms with Gasteiger partial charge in [0.25, 0.3) is 0 Å². The maximum atomic E-state index is 4.88. The molecule has 0 unspecified atom stereocenters. The monoisotopic (exact) mass is 706 g/mol. The van der Waals surface area contributed by atoms with Crippen molar-refractivity contribution in [3.63, 3.8) is 0 Å². The molecule has 2 aromatic heterocycles. The molecule has 236 valence electrons. The van der Waals surface area contributed by atoms with Gasteiger partial charge in [-0.2, -0.15) is 0 Å². The Kier molecular flexibility index (Phi) is 15.0. The van der Waals surface area contributed by atoms with E-state index in [1.54, 1.807) is 6.26 Å². The standard InChI is InChI=1S/2C16H29N2.C4H6O.Ba/c2*1-10-16(8,9)13-17-11(14(2,3)4)12(18-13)15(5,6)7;1-2-4-5-3-1;/h2*10H2,1-9H3;1,3H,2,4H2;/q2*-1;;+2. The SMILES string of the molecule is C1=COCC1.CCC(C)(C)c1nc(C(C)(C)C)c(C(C)(C)C)[n-]1.CCC(C)(C)c1nc(C(C)(C)C)c(C(C)(C)C)[n-]1.[Ba+2]. The largest absolute Gasteiger partial charge is 2.00 e. The molecule has 42 heavy (non-hydrogen) atoms. The van der Waals surface area contributed by atoms with Crippen LogP contribution < -0.4 is 9.97 Å². The zero-order valence-electron chi connectivity index (χ0n) is 30.9. The van der Waals surface area contributed by atoms with Crippen LogP contribution in [0.1, 0.15) is 178 Å². The fraction of sp³-hybridized carbons (Fsp3) is 0.778. The van der Waals surface area contributed by atoms with Crippen molar-refractivity contribution in [1.82, 2.24) is 19.9 Å². The smallest absolute Gasteiger partial charge is 0.501 e. The number of rotatable bonds is 4. The van der Waals surface area contributed by atoms with Crippen molar-refractivity contribution in [2.24, 2.45) is 0 Å². The average Bonchev–Trinajstić information content (AvgIpc) is 3.58. The first-order chi connectivity index (χ1) is 18.3. The van der Waals surface area contributed by atoms with Gasteiger partial charge in [0.15, 0.2) is 0 Å². The Morgan fingerprint density at radius 2 is 0.929 bits per heavy atom. The maximum Gasteiger partial charge on any atom is 2.00 e. The molecule has 3 heterocycles. The molecular formula is C36H64BaN4O. The molecule has 0 N–H and O–H groups in total. The quantitative estimate of drug-likeness (QED) is 0.297. The average molecular weight is 706 g/mol. The molecule has 0 atom stereocenters. The number of ether oxygens (including phenoxy) is 1. The predicted octanol–water partition coefficient (Wildman–Crippen LogP) is 9.18. The Balaban J connectivity index is 0.000000670. The van der Waals surface area contributed by atoms with Gasteiger partial charge in [0.2, 0.25) is 0 Å². The van der Waals surface area contributed by atoms with Crippen molar-refractivity contribution >= 4 is 48.9 Å². The van der Waals surface area contributed by atoms with E-state index in [1.165, 1.54) is 0 Å². The molecule has 0 saturated carbocycles. The molecule has 1 aliphatic heterocycles. The van der Waals surface area contributed by atoms with Crippen molar-refractivity contribution in [2.45, 2.75) is 176 Å². The number of nitrogens with zero attached hydrogens (tertiary/aromatic N) is 4. The number of aromatic nitrogens is 4. The number of hydrogen-bond acceptors (Lipinski definition) is 3. The second-order valence-corrected chi connectivity index (χ2v) is 17.0. The van der Waals surface area contributed by atoms with Crippen LogP contribution in [-0.2, 0) is 37.2 Å². The summed E-state index contributed by atoms with van der Waals surface area (Å²) < 4.78 is 4.76. The first-order valence-electron chi connectivity index (χ1n) is 15.7. The zero-order valence-corrected chi connectivity index (χ0v) is 35.3. The van der Waals surface area contributed by atoms with Gasteiger partial charge in [-0.15, -0.1) is 0 Å². The first-order valence-corrected chi connectivity index (χ1v) is 15.7. The summed E-state index contributed by atoms with van der Waals surface area (Å²) in [6.45, 7) is 40.8. The van der Waals surface area contributed by atoms with Gasteiger partial charge in [-0.05, 0) is 51.4 Å². The molecule has 0 bridgehead atoms. The van der Waals surface area contributed by atoms with E-state index in [9.17, 15) is 0 Å². The summed E-state index contributed by atoms with van der Waals surface area (Å²) in [6, 6.07) is 0. The van der Waals surface area contributed by atoms with Crippen LogP contribution in [0.25, 0.3) is 0 Å². The van der Waals surface area contributed by atoms with Gasteiger partial charge >= 0.3 is 48.9 Å². The van der Waals surface area contributed by atoms with Crippen molar-refractivity contribution in [1.29, 1.82) is 0 Å². The molecule has 6 heteroatoms. The Bertz CT molecular complexity index is 972. The Hall–Kier alpha value is -0.469. The van der Waals surface area contributed by atoms with E-state index in [1.807, 2.05) is 6.08 Å². The van der Waals surface area contributed by atoms with Crippen molar-refractivity contribution in [3.05, 3.63) is 46.8 Å². The van der Waals surface area contributed by atoms with E-state index < -0.39 is 0 Å². The molecule has 5 nitrogen and oxygen atoms in total. The van der Waals surface area contributed by atoms with E-state index >= 15 is 0 Å². The van der Waals surface area contributed by atoms with Crippen molar-refractivity contribution in [3.8, 4) is 0 Å². The molecule has 0 amide bonds. The van der Waals surface area contributed by atoms with Gasteiger partial charge in [-0.3, -0.25) is 0 Å². The molecule has 0 saturated heterocycles. The van der Waals surface area contributed by atoms with Crippen molar-refractivity contribution in [2.75, 3.05) is 6.61 Å².